The molecule has 2 heterocycles. The van der Waals surface area contributed by atoms with Crippen molar-refractivity contribution in [2.45, 2.75) is 38.8 Å². The number of carbonyl (C=O) groups is 1. The first kappa shape index (κ1) is 18.8. The Bertz CT molecular complexity index is 978. The van der Waals surface area contributed by atoms with Crippen LogP contribution in [-0.2, 0) is 21.4 Å². The predicted octanol–water partition coefficient (Wildman–Crippen LogP) is 2.73. The van der Waals surface area contributed by atoms with E-state index in [1.54, 1.807) is 0 Å². The standard InChI is InChI=1S/C16H20BrN3O3S2/c1-3-19-14-11(17)7-6-9-13(14)24-16(19)18-15(21)12-8-4-5-10-20(12)25(2,22)23/h6-7,9,12H,3-5,8,10H2,1-2H3. The number of hydrogen-bond donors (Lipinski definition) is 0. The molecule has 1 saturated heterocycles. The van der Waals surface area contributed by atoms with Crippen molar-refractivity contribution < 1.29 is 13.2 Å². The Morgan fingerprint density at radius 3 is 2.84 bits per heavy atom. The molecule has 1 atom stereocenters. The van der Waals surface area contributed by atoms with Crippen LogP contribution in [0.1, 0.15) is 26.2 Å². The molecule has 25 heavy (non-hydrogen) atoms. The molecular weight excluding hydrogens is 426 g/mol. The molecule has 0 saturated carbocycles. The minimum atomic E-state index is -3.42. The average Bonchev–Trinajstić information content (AvgIpc) is 2.92. The fourth-order valence-electron chi connectivity index (χ4n) is 3.18. The Balaban J connectivity index is 2.07. The molecule has 0 radical (unpaired) electrons. The van der Waals surface area contributed by atoms with Crippen LogP contribution in [0.3, 0.4) is 0 Å². The lowest BCUT2D eigenvalue weighted by atomic mass is 10.0. The lowest BCUT2D eigenvalue weighted by Gasteiger charge is -2.31. The van der Waals surface area contributed by atoms with E-state index in [1.165, 1.54) is 15.6 Å². The third-order valence-electron chi connectivity index (χ3n) is 4.34. The summed E-state index contributed by atoms with van der Waals surface area (Å²) < 4.78 is 29.2. The van der Waals surface area contributed by atoms with Gasteiger partial charge in [0.05, 0.1) is 16.5 Å². The second-order valence-corrected chi connectivity index (χ2v) is 9.85. The number of rotatable bonds is 3. The number of halogens is 1. The van der Waals surface area contributed by atoms with Crippen molar-refractivity contribution in [3.05, 3.63) is 27.5 Å². The van der Waals surface area contributed by atoms with Gasteiger partial charge in [0.25, 0.3) is 5.91 Å². The molecule has 1 unspecified atom stereocenters. The fraction of sp³-hybridized carbons (Fsp3) is 0.500. The highest BCUT2D eigenvalue weighted by atomic mass is 79.9. The molecule has 1 aromatic heterocycles. The van der Waals surface area contributed by atoms with Crippen molar-refractivity contribution >= 4 is 53.4 Å². The minimum absolute atomic E-state index is 0.380. The number of aromatic nitrogens is 1. The lowest BCUT2D eigenvalue weighted by molar-refractivity contribution is -0.122. The van der Waals surface area contributed by atoms with Crippen LogP contribution in [0.25, 0.3) is 10.2 Å². The largest absolute Gasteiger partial charge is 0.316 e. The number of piperidine rings is 1. The Kier molecular flexibility index (Phi) is 5.48. The number of sulfonamides is 1. The van der Waals surface area contributed by atoms with Crippen LogP contribution in [0.2, 0.25) is 0 Å². The van der Waals surface area contributed by atoms with Gasteiger partial charge in [0, 0.05) is 17.6 Å². The summed E-state index contributed by atoms with van der Waals surface area (Å²) in [4.78, 5) is 17.7. The SMILES string of the molecule is CCn1c(=NC(=O)C2CCCCN2S(C)(=O)=O)sc2cccc(Br)c21. The van der Waals surface area contributed by atoms with Gasteiger partial charge in [-0.1, -0.05) is 23.8 Å². The summed E-state index contributed by atoms with van der Waals surface area (Å²) in [6.45, 7) is 3.06. The monoisotopic (exact) mass is 445 g/mol. The molecular formula is C16H20BrN3O3S2. The van der Waals surface area contributed by atoms with E-state index in [0.717, 1.165) is 33.8 Å². The van der Waals surface area contributed by atoms with Crippen LogP contribution in [-0.4, -0.2) is 42.0 Å². The van der Waals surface area contributed by atoms with Crippen molar-refractivity contribution in [3.63, 3.8) is 0 Å². The third-order valence-corrected chi connectivity index (χ3v) is 7.31. The van der Waals surface area contributed by atoms with Gasteiger partial charge in [-0.25, -0.2) is 8.42 Å². The summed E-state index contributed by atoms with van der Waals surface area (Å²) >= 11 is 4.99. The Labute approximate surface area is 159 Å². The van der Waals surface area contributed by atoms with Gasteiger partial charge in [-0.3, -0.25) is 4.79 Å². The van der Waals surface area contributed by atoms with E-state index in [-0.39, 0.29) is 5.91 Å². The number of amides is 1. The maximum Gasteiger partial charge on any atom is 0.266 e. The lowest BCUT2D eigenvalue weighted by Crippen LogP contribution is -2.47. The summed E-state index contributed by atoms with van der Waals surface area (Å²) in [5.41, 5.74) is 1.00. The van der Waals surface area contributed by atoms with Gasteiger partial charge in [-0.05, 0) is 47.8 Å². The van der Waals surface area contributed by atoms with Gasteiger partial charge in [0.2, 0.25) is 10.0 Å². The highest BCUT2D eigenvalue weighted by Crippen LogP contribution is 2.26. The van der Waals surface area contributed by atoms with Crippen molar-refractivity contribution in [1.29, 1.82) is 0 Å². The second kappa shape index (κ2) is 7.30. The first-order valence-electron chi connectivity index (χ1n) is 8.16. The molecule has 0 N–H and O–H groups in total. The normalized spacial score (nSPS) is 20.3. The van der Waals surface area contributed by atoms with Crippen LogP contribution < -0.4 is 4.80 Å². The molecule has 6 nitrogen and oxygen atoms in total. The summed E-state index contributed by atoms with van der Waals surface area (Å²) in [7, 11) is -3.42. The topological polar surface area (TPSA) is 71.7 Å². The van der Waals surface area contributed by atoms with Crippen LogP contribution in [0, 0.1) is 0 Å². The predicted molar refractivity (Wildman–Crippen MR) is 103 cm³/mol. The van der Waals surface area contributed by atoms with Crippen LogP contribution in [0.15, 0.2) is 27.7 Å². The maximum absolute atomic E-state index is 12.8. The number of fused-ring (bicyclic) bond motifs is 1. The highest BCUT2D eigenvalue weighted by Gasteiger charge is 2.34. The summed E-state index contributed by atoms with van der Waals surface area (Å²) in [6.07, 6.45) is 3.29. The molecule has 1 fully saturated rings. The zero-order valence-electron chi connectivity index (χ0n) is 14.1. The van der Waals surface area contributed by atoms with Gasteiger partial charge >= 0.3 is 0 Å². The highest BCUT2D eigenvalue weighted by molar-refractivity contribution is 9.10. The molecule has 0 spiro atoms. The van der Waals surface area contributed by atoms with E-state index in [4.69, 9.17) is 0 Å². The van der Waals surface area contributed by atoms with E-state index in [2.05, 4.69) is 20.9 Å². The van der Waals surface area contributed by atoms with Crippen LogP contribution in [0.4, 0.5) is 0 Å². The van der Waals surface area contributed by atoms with Crippen molar-refractivity contribution in [2.24, 2.45) is 4.99 Å². The van der Waals surface area contributed by atoms with E-state index >= 15 is 0 Å². The fourth-order valence-corrected chi connectivity index (χ4v) is 6.14. The van der Waals surface area contributed by atoms with Crippen molar-refractivity contribution in [3.8, 4) is 0 Å². The van der Waals surface area contributed by atoms with E-state index in [0.29, 0.717) is 24.3 Å². The van der Waals surface area contributed by atoms with Gasteiger partial charge in [-0.15, -0.1) is 0 Å². The number of carbonyl (C=O) groups excluding carboxylic acids is 1. The minimum Gasteiger partial charge on any atom is -0.316 e. The van der Waals surface area contributed by atoms with Gasteiger partial charge in [0.1, 0.15) is 6.04 Å². The summed E-state index contributed by atoms with van der Waals surface area (Å²) in [5.74, 6) is -0.380. The van der Waals surface area contributed by atoms with Gasteiger partial charge in [-0.2, -0.15) is 9.30 Å². The Morgan fingerprint density at radius 2 is 2.16 bits per heavy atom. The third kappa shape index (κ3) is 3.74. The Morgan fingerprint density at radius 1 is 1.40 bits per heavy atom. The van der Waals surface area contributed by atoms with Gasteiger partial charge < -0.3 is 4.57 Å². The summed E-state index contributed by atoms with van der Waals surface area (Å²) in [6, 6.07) is 5.20. The zero-order chi connectivity index (χ0) is 18.2. The van der Waals surface area contributed by atoms with Crippen molar-refractivity contribution in [1.82, 2.24) is 8.87 Å². The molecule has 1 aromatic carbocycles. The molecule has 3 rings (SSSR count). The first-order valence-corrected chi connectivity index (χ1v) is 11.6. The zero-order valence-corrected chi connectivity index (χ0v) is 17.3. The van der Waals surface area contributed by atoms with Crippen molar-refractivity contribution in [2.75, 3.05) is 12.8 Å². The molecule has 136 valence electrons. The first-order chi connectivity index (χ1) is 11.8. The average molecular weight is 446 g/mol. The van der Waals surface area contributed by atoms with Crippen LogP contribution >= 0.6 is 27.3 Å². The number of hydrogen-bond acceptors (Lipinski definition) is 4. The molecule has 2 aromatic rings. The quantitative estimate of drug-likeness (QED) is 0.728. The Hall–Kier alpha value is -1.03. The number of nitrogens with zero attached hydrogens (tertiary/aromatic N) is 3. The van der Waals surface area contributed by atoms with E-state index in [1.807, 2.05) is 29.7 Å². The molecule has 1 aliphatic heterocycles. The number of para-hydroxylation sites is 1. The maximum atomic E-state index is 12.8. The molecule has 0 bridgehead atoms. The molecule has 9 heteroatoms. The molecule has 1 aliphatic rings. The van der Waals surface area contributed by atoms with Crippen LogP contribution in [0.5, 0.6) is 0 Å². The van der Waals surface area contributed by atoms with E-state index < -0.39 is 16.1 Å². The number of benzene rings is 1. The number of thiazole rings is 1. The molecule has 1 amide bonds. The second-order valence-electron chi connectivity index (χ2n) is 6.05. The smallest absolute Gasteiger partial charge is 0.266 e. The number of aryl methyl sites for hydroxylation is 1. The van der Waals surface area contributed by atoms with Gasteiger partial charge in [0.15, 0.2) is 4.80 Å². The molecule has 0 aliphatic carbocycles. The van der Waals surface area contributed by atoms with E-state index in [9.17, 15) is 13.2 Å². The summed E-state index contributed by atoms with van der Waals surface area (Å²) in [5, 5.41) is 0.